The Balaban J connectivity index is 2.69. The first kappa shape index (κ1) is 12.5. The summed E-state index contributed by atoms with van der Waals surface area (Å²) in [6.07, 6.45) is 0.202. The van der Waals surface area contributed by atoms with E-state index >= 15 is 0 Å². The molecule has 1 aromatic carbocycles. The summed E-state index contributed by atoms with van der Waals surface area (Å²) in [5.74, 6) is 1.40. The second-order valence-corrected chi connectivity index (χ2v) is 4.74. The number of likely N-dealkylation sites (N-methyl/N-ethyl adjacent to an activating group) is 1. The largest absolute Gasteiger partial charge is 0.488 e. The van der Waals surface area contributed by atoms with Crippen LogP contribution in [-0.4, -0.2) is 19.7 Å². The Labute approximate surface area is 100 Å². The van der Waals surface area contributed by atoms with Gasteiger partial charge in [-0.05, 0) is 41.0 Å². The number of rotatable bonds is 5. The van der Waals surface area contributed by atoms with Crippen LogP contribution in [0.4, 0.5) is 0 Å². The molecule has 0 saturated carbocycles. The maximum atomic E-state index is 5.94. The zero-order valence-corrected chi connectivity index (χ0v) is 11.0. The van der Waals surface area contributed by atoms with Crippen molar-refractivity contribution in [3.05, 3.63) is 28.7 Å². The van der Waals surface area contributed by atoms with Crippen molar-refractivity contribution in [2.75, 3.05) is 13.6 Å². The lowest BCUT2D eigenvalue weighted by Crippen LogP contribution is -2.33. The van der Waals surface area contributed by atoms with E-state index in [0.717, 1.165) is 16.8 Å². The van der Waals surface area contributed by atoms with Crippen LogP contribution < -0.4 is 10.1 Å². The van der Waals surface area contributed by atoms with E-state index in [0.29, 0.717) is 5.92 Å². The van der Waals surface area contributed by atoms with Gasteiger partial charge in [-0.25, -0.2) is 0 Å². The molecule has 0 bridgehead atoms. The highest BCUT2D eigenvalue weighted by molar-refractivity contribution is 9.10. The number of halogens is 1. The minimum Gasteiger partial charge on any atom is -0.488 e. The standard InChI is InChI=1S/C12H18BrNO/c1-9(2)12(8-14-3)15-11-7-5-4-6-10(11)13/h4-7,9,12,14H,8H2,1-3H3. The molecule has 15 heavy (non-hydrogen) atoms. The average Bonchev–Trinajstić information content (AvgIpc) is 2.20. The molecule has 1 aromatic rings. The normalized spacial score (nSPS) is 12.9. The molecule has 1 N–H and O–H groups in total. The summed E-state index contributed by atoms with van der Waals surface area (Å²) < 4.78 is 6.94. The van der Waals surface area contributed by atoms with Gasteiger partial charge in [-0.15, -0.1) is 0 Å². The van der Waals surface area contributed by atoms with Crippen molar-refractivity contribution < 1.29 is 4.74 Å². The summed E-state index contributed by atoms with van der Waals surface area (Å²) in [4.78, 5) is 0. The van der Waals surface area contributed by atoms with Gasteiger partial charge in [0.1, 0.15) is 11.9 Å². The Bertz CT molecular complexity index is 301. The fourth-order valence-corrected chi connectivity index (χ4v) is 1.70. The van der Waals surface area contributed by atoms with E-state index < -0.39 is 0 Å². The van der Waals surface area contributed by atoms with Crippen LogP contribution in [0.3, 0.4) is 0 Å². The second-order valence-electron chi connectivity index (χ2n) is 3.89. The Kier molecular flexibility index (Phi) is 5.12. The lowest BCUT2D eigenvalue weighted by atomic mass is 10.1. The van der Waals surface area contributed by atoms with Crippen LogP contribution >= 0.6 is 15.9 Å². The molecular weight excluding hydrogens is 254 g/mol. The quantitative estimate of drug-likeness (QED) is 0.889. The molecule has 0 amide bonds. The molecular formula is C12H18BrNO. The number of hydrogen-bond donors (Lipinski definition) is 1. The highest BCUT2D eigenvalue weighted by atomic mass is 79.9. The lowest BCUT2D eigenvalue weighted by molar-refractivity contribution is 0.150. The Morgan fingerprint density at radius 1 is 1.33 bits per heavy atom. The highest BCUT2D eigenvalue weighted by Gasteiger charge is 2.15. The van der Waals surface area contributed by atoms with Gasteiger partial charge in [0.05, 0.1) is 4.47 Å². The molecule has 1 rings (SSSR count). The van der Waals surface area contributed by atoms with E-state index in [1.807, 2.05) is 31.3 Å². The fourth-order valence-electron chi connectivity index (χ4n) is 1.32. The van der Waals surface area contributed by atoms with E-state index in [1.54, 1.807) is 0 Å². The zero-order chi connectivity index (χ0) is 11.3. The summed E-state index contributed by atoms with van der Waals surface area (Å²) >= 11 is 3.48. The van der Waals surface area contributed by atoms with Gasteiger partial charge in [0.15, 0.2) is 0 Å². The first-order valence-corrected chi connectivity index (χ1v) is 6.00. The van der Waals surface area contributed by atoms with Crippen LogP contribution in [-0.2, 0) is 0 Å². The Morgan fingerprint density at radius 3 is 2.53 bits per heavy atom. The van der Waals surface area contributed by atoms with E-state index in [1.165, 1.54) is 0 Å². The van der Waals surface area contributed by atoms with Crippen LogP contribution in [0.5, 0.6) is 5.75 Å². The third-order valence-electron chi connectivity index (χ3n) is 2.26. The van der Waals surface area contributed by atoms with Crippen molar-refractivity contribution in [1.82, 2.24) is 5.32 Å². The van der Waals surface area contributed by atoms with Crippen LogP contribution in [0.15, 0.2) is 28.7 Å². The van der Waals surface area contributed by atoms with Crippen molar-refractivity contribution in [3.8, 4) is 5.75 Å². The molecule has 0 saturated heterocycles. The lowest BCUT2D eigenvalue weighted by Gasteiger charge is -2.22. The zero-order valence-electron chi connectivity index (χ0n) is 9.46. The van der Waals surface area contributed by atoms with Crippen LogP contribution in [0.2, 0.25) is 0 Å². The molecule has 0 aliphatic carbocycles. The maximum absolute atomic E-state index is 5.94. The van der Waals surface area contributed by atoms with Gasteiger partial charge in [0.25, 0.3) is 0 Å². The highest BCUT2D eigenvalue weighted by Crippen LogP contribution is 2.25. The van der Waals surface area contributed by atoms with Crippen molar-refractivity contribution >= 4 is 15.9 Å². The minimum atomic E-state index is 0.202. The topological polar surface area (TPSA) is 21.3 Å². The minimum absolute atomic E-state index is 0.202. The summed E-state index contributed by atoms with van der Waals surface area (Å²) in [5, 5.41) is 3.15. The third kappa shape index (κ3) is 3.84. The molecule has 0 aliphatic heterocycles. The molecule has 0 aromatic heterocycles. The Hall–Kier alpha value is -0.540. The molecule has 0 aliphatic rings. The van der Waals surface area contributed by atoms with Crippen molar-refractivity contribution in [1.29, 1.82) is 0 Å². The number of para-hydroxylation sites is 1. The monoisotopic (exact) mass is 271 g/mol. The summed E-state index contributed by atoms with van der Waals surface area (Å²) in [7, 11) is 1.94. The van der Waals surface area contributed by atoms with Crippen molar-refractivity contribution in [2.24, 2.45) is 5.92 Å². The average molecular weight is 272 g/mol. The Morgan fingerprint density at radius 2 is 2.00 bits per heavy atom. The summed E-state index contributed by atoms with van der Waals surface area (Å²) in [5.41, 5.74) is 0. The van der Waals surface area contributed by atoms with Gasteiger partial charge in [-0.3, -0.25) is 0 Å². The second kappa shape index (κ2) is 6.13. The van der Waals surface area contributed by atoms with Crippen molar-refractivity contribution in [2.45, 2.75) is 20.0 Å². The molecule has 0 spiro atoms. The first-order chi connectivity index (χ1) is 7.15. The molecule has 1 atom stereocenters. The van der Waals surface area contributed by atoms with Crippen molar-refractivity contribution in [3.63, 3.8) is 0 Å². The summed E-state index contributed by atoms with van der Waals surface area (Å²) in [6.45, 7) is 5.19. The third-order valence-corrected chi connectivity index (χ3v) is 2.92. The molecule has 0 radical (unpaired) electrons. The van der Waals surface area contributed by atoms with Gasteiger partial charge >= 0.3 is 0 Å². The van der Waals surface area contributed by atoms with E-state index in [9.17, 15) is 0 Å². The van der Waals surface area contributed by atoms with Crippen LogP contribution in [0, 0.1) is 5.92 Å². The maximum Gasteiger partial charge on any atom is 0.133 e. The molecule has 84 valence electrons. The van der Waals surface area contributed by atoms with Gasteiger partial charge in [0.2, 0.25) is 0 Å². The van der Waals surface area contributed by atoms with Crippen LogP contribution in [0.1, 0.15) is 13.8 Å². The molecule has 2 nitrogen and oxygen atoms in total. The van der Waals surface area contributed by atoms with Gasteiger partial charge in [0, 0.05) is 6.54 Å². The van der Waals surface area contributed by atoms with E-state index in [4.69, 9.17) is 4.74 Å². The molecule has 1 unspecified atom stereocenters. The number of benzene rings is 1. The van der Waals surface area contributed by atoms with Gasteiger partial charge in [-0.1, -0.05) is 26.0 Å². The molecule has 0 heterocycles. The number of nitrogens with one attached hydrogen (secondary N) is 1. The van der Waals surface area contributed by atoms with E-state index in [2.05, 4.69) is 35.1 Å². The predicted molar refractivity (Wildman–Crippen MR) is 67.3 cm³/mol. The number of ether oxygens (including phenoxy) is 1. The van der Waals surface area contributed by atoms with Crippen LogP contribution in [0.25, 0.3) is 0 Å². The van der Waals surface area contributed by atoms with E-state index in [-0.39, 0.29) is 6.10 Å². The summed E-state index contributed by atoms with van der Waals surface area (Å²) in [6, 6.07) is 7.94. The SMILES string of the molecule is CNCC(Oc1ccccc1Br)C(C)C. The van der Waals surface area contributed by atoms with Gasteiger partial charge < -0.3 is 10.1 Å². The molecule has 3 heteroatoms. The molecule has 0 fully saturated rings. The van der Waals surface area contributed by atoms with Gasteiger partial charge in [-0.2, -0.15) is 0 Å². The first-order valence-electron chi connectivity index (χ1n) is 5.21. The predicted octanol–water partition coefficient (Wildman–Crippen LogP) is 3.07. The fraction of sp³-hybridized carbons (Fsp3) is 0.500. The smallest absolute Gasteiger partial charge is 0.133 e. The number of hydrogen-bond acceptors (Lipinski definition) is 2.